The first-order valence-corrected chi connectivity index (χ1v) is 7.91. The van der Waals surface area contributed by atoms with Crippen LogP contribution in [0.3, 0.4) is 0 Å². The molecule has 4 saturated carbocycles. The number of rotatable bonds is 2. The fraction of sp³-hybridized carbons (Fsp3) is 1.00. The number of alkyl halides is 4. The van der Waals surface area contributed by atoms with E-state index in [2.05, 4.69) is 15.9 Å². The molecule has 16 heavy (non-hydrogen) atoms. The summed E-state index contributed by atoms with van der Waals surface area (Å²) in [4.78, 5) is 0. The van der Waals surface area contributed by atoms with E-state index in [-0.39, 0.29) is 16.2 Å². The molecule has 4 fully saturated rings. The standard InChI is InChI=1S/C12H16BrF2I/c13-11-4-8-1-9(5-11)3-10(2-8,6-11)7-12(14,15)16/h8-9H,1-7H2. The smallest absolute Gasteiger partial charge is 0.195 e. The van der Waals surface area contributed by atoms with Crippen molar-refractivity contribution in [3.8, 4) is 0 Å². The third kappa shape index (κ3) is 2.17. The van der Waals surface area contributed by atoms with Gasteiger partial charge in [-0.25, -0.2) is 0 Å². The Morgan fingerprint density at radius 1 is 1.19 bits per heavy atom. The minimum Gasteiger partial charge on any atom is -0.195 e. The van der Waals surface area contributed by atoms with Gasteiger partial charge < -0.3 is 0 Å². The van der Waals surface area contributed by atoms with Crippen molar-refractivity contribution < 1.29 is 8.78 Å². The molecule has 4 aliphatic carbocycles. The summed E-state index contributed by atoms with van der Waals surface area (Å²) in [5, 5.41) is 0. The van der Waals surface area contributed by atoms with Gasteiger partial charge in [0.25, 0.3) is 3.93 Å². The van der Waals surface area contributed by atoms with E-state index in [0.717, 1.165) is 19.3 Å². The van der Waals surface area contributed by atoms with Crippen molar-refractivity contribution in [1.82, 2.24) is 0 Å². The zero-order valence-corrected chi connectivity index (χ0v) is 12.9. The summed E-state index contributed by atoms with van der Waals surface area (Å²) >= 11 is 5.17. The molecule has 92 valence electrons. The van der Waals surface area contributed by atoms with Crippen LogP contribution in [0.5, 0.6) is 0 Å². The van der Waals surface area contributed by atoms with E-state index in [9.17, 15) is 8.78 Å². The number of hydrogen-bond acceptors (Lipinski definition) is 0. The highest BCUT2D eigenvalue weighted by molar-refractivity contribution is 14.1. The lowest BCUT2D eigenvalue weighted by Crippen LogP contribution is -2.53. The van der Waals surface area contributed by atoms with Crippen LogP contribution >= 0.6 is 38.5 Å². The number of halogens is 4. The molecular weight excluding hydrogens is 389 g/mol. The molecule has 0 spiro atoms. The lowest BCUT2D eigenvalue weighted by atomic mass is 9.49. The summed E-state index contributed by atoms with van der Waals surface area (Å²) in [7, 11) is 0. The molecule has 0 aromatic rings. The lowest BCUT2D eigenvalue weighted by molar-refractivity contribution is -0.0718. The van der Waals surface area contributed by atoms with E-state index in [0.29, 0.717) is 11.8 Å². The van der Waals surface area contributed by atoms with Crippen molar-refractivity contribution in [2.75, 3.05) is 0 Å². The monoisotopic (exact) mass is 404 g/mol. The molecule has 0 saturated heterocycles. The van der Waals surface area contributed by atoms with Crippen LogP contribution in [0.15, 0.2) is 0 Å². The highest BCUT2D eigenvalue weighted by atomic mass is 127. The molecule has 2 unspecified atom stereocenters. The molecule has 2 atom stereocenters. The Morgan fingerprint density at radius 3 is 2.19 bits per heavy atom. The first-order valence-electron chi connectivity index (χ1n) is 6.03. The summed E-state index contributed by atoms with van der Waals surface area (Å²) < 4.78 is 24.3. The van der Waals surface area contributed by atoms with Crippen LogP contribution in [0.4, 0.5) is 8.78 Å². The third-order valence-corrected chi connectivity index (χ3v) is 6.00. The molecule has 0 heterocycles. The molecule has 4 bridgehead atoms. The van der Waals surface area contributed by atoms with Gasteiger partial charge in [-0.05, 0) is 78.4 Å². The number of hydrogen-bond donors (Lipinski definition) is 0. The molecular formula is C12H16BrF2I. The highest BCUT2D eigenvalue weighted by Crippen LogP contribution is 2.66. The summed E-state index contributed by atoms with van der Waals surface area (Å²) in [6.07, 6.45) is 6.91. The Balaban J connectivity index is 1.86. The topological polar surface area (TPSA) is 0 Å². The van der Waals surface area contributed by atoms with Gasteiger partial charge in [0.1, 0.15) is 0 Å². The van der Waals surface area contributed by atoms with Gasteiger partial charge in [-0.15, -0.1) is 0 Å². The van der Waals surface area contributed by atoms with Crippen molar-refractivity contribution in [3.63, 3.8) is 0 Å². The average molecular weight is 405 g/mol. The van der Waals surface area contributed by atoms with Crippen molar-refractivity contribution in [2.24, 2.45) is 17.3 Å². The van der Waals surface area contributed by atoms with E-state index >= 15 is 0 Å². The summed E-state index contributed by atoms with van der Waals surface area (Å²) in [5.41, 5.74) is -0.0573. The molecule has 0 radical (unpaired) electrons. The van der Waals surface area contributed by atoms with Gasteiger partial charge in [0.2, 0.25) is 0 Å². The average Bonchev–Trinajstić information content (AvgIpc) is 1.91. The first kappa shape index (κ1) is 12.1. The molecule has 0 N–H and O–H groups in total. The second-order valence-corrected chi connectivity index (χ2v) is 9.66. The van der Waals surface area contributed by atoms with Crippen LogP contribution in [0.25, 0.3) is 0 Å². The Bertz CT molecular complexity index is 295. The zero-order valence-electron chi connectivity index (χ0n) is 9.12. The minimum absolute atomic E-state index is 0.0573. The molecule has 0 aromatic heterocycles. The molecule has 0 nitrogen and oxygen atoms in total. The maximum absolute atomic E-state index is 13.3. The van der Waals surface area contributed by atoms with Gasteiger partial charge >= 0.3 is 0 Å². The van der Waals surface area contributed by atoms with Crippen molar-refractivity contribution in [2.45, 2.75) is 53.2 Å². The molecule has 0 amide bonds. The van der Waals surface area contributed by atoms with Gasteiger partial charge in [-0.3, -0.25) is 0 Å². The summed E-state index contributed by atoms with van der Waals surface area (Å²) in [6, 6.07) is 0. The van der Waals surface area contributed by atoms with Crippen LogP contribution in [-0.2, 0) is 0 Å². The van der Waals surface area contributed by atoms with Gasteiger partial charge in [0, 0.05) is 10.7 Å². The van der Waals surface area contributed by atoms with Gasteiger partial charge in [0.05, 0.1) is 0 Å². The summed E-state index contributed by atoms with van der Waals surface area (Å²) in [5.74, 6) is 1.42. The maximum Gasteiger partial charge on any atom is 0.297 e. The molecule has 4 rings (SSSR count). The molecule has 0 aliphatic heterocycles. The van der Waals surface area contributed by atoms with Gasteiger partial charge in [-0.2, -0.15) is 8.78 Å². The van der Waals surface area contributed by atoms with Crippen molar-refractivity contribution >= 4 is 38.5 Å². The second-order valence-electron chi connectivity index (χ2n) is 6.40. The second kappa shape index (κ2) is 3.55. The van der Waals surface area contributed by atoms with Crippen LogP contribution in [0, 0.1) is 17.3 Å². The first-order chi connectivity index (χ1) is 7.28. The molecule has 4 aliphatic rings. The normalized spacial score (nSPS) is 51.0. The predicted octanol–water partition coefficient (Wildman–Crippen LogP) is 5.14. The van der Waals surface area contributed by atoms with Gasteiger partial charge in [-0.1, -0.05) is 15.9 Å². The highest BCUT2D eigenvalue weighted by Gasteiger charge is 2.58. The SMILES string of the molecule is FC(F)(I)CC12CC3CC(CC(Br)(C3)C1)C2. The predicted molar refractivity (Wildman–Crippen MR) is 72.4 cm³/mol. The zero-order chi connectivity index (χ0) is 11.6. The van der Waals surface area contributed by atoms with Crippen LogP contribution < -0.4 is 0 Å². The van der Waals surface area contributed by atoms with Crippen LogP contribution in [-0.4, -0.2) is 8.25 Å². The molecule has 4 heteroatoms. The summed E-state index contributed by atoms with van der Waals surface area (Å²) in [6.45, 7) is 0. The van der Waals surface area contributed by atoms with E-state index in [1.807, 2.05) is 0 Å². The van der Waals surface area contributed by atoms with Gasteiger partial charge in [0.15, 0.2) is 0 Å². The van der Waals surface area contributed by atoms with E-state index in [1.165, 1.54) is 41.9 Å². The lowest BCUT2D eigenvalue weighted by Gasteiger charge is -2.60. The Labute approximate surface area is 117 Å². The fourth-order valence-corrected chi connectivity index (χ4v) is 7.29. The maximum atomic E-state index is 13.3. The molecule has 0 aromatic carbocycles. The Kier molecular flexibility index (Phi) is 2.69. The minimum atomic E-state index is -2.52. The largest absolute Gasteiger partial charge is 0.297 e. The van der Waals surface area contributed by atoms with E-state index in [1.54, 1.807) is 0 Å². The van der Waals surface area contributed by atoms with E-state index < -0.39 is 3.93 Å². The van der Waals surface area contributed by atoms with E-state index in [4.69, 9.17) is 0 Å². The fourth-order valence-electron chi connectivity index (χ4n) is 4.97. The van der Waals surface area contributed by atoms with Crippen molar-refractivity contribution in [3.05, 3.63) is 0 Å². The Hall–Kier alpha value is 1.07. The quantitative estimate of drug-likeness (QED) is 0.441. The third-order valence-electron chi connectivity index (χ3n) is 4.69. The Morgan fingerprint density at radius 2 is 1.75 bits per heavy atom. The van der Waals surface area contributed by atoms with Crippen LogP contribution in [0.1, 0.15) is 44.9 Å². The van der Waals surface area contributed by atoms with Crippen LogP contribution in [0.2, 0.25) is 0 Å². The van der Waals surface area contributed by atoms with Crippen molar-refractivity contribution in [1.29, 1.82) is 0 Å².